The van der Waals surface area contributed by atoms with E-state index in [0.717, 1.165) is 18.6 Å². The number of urea groups is 2. The van der Waals surface area contributed by atoms with E-state index in [9.17, 15) is 27.6 Å². The van der Waals surface area contributed by atoms with Gasteiger partial charge in [0.25, 0.3) is 0 Å². The third-order valence-corrected chi connectivity index (χ3v) is 6.53. The molecule has 4 amide bonds. The zero-order valence-corrected chi connectivity index (χ0v) is 23.1. The van der Waals surface area contributed by atoms with Crippen molar-refractivity contribution in [3.8, 4) is 0 Å². The van der Waals surface area contributed by atoms with Gasteiger partial charge >= 0.3 is 24.2 Å². The number of ether oxygens (including phenoxy) is 1. The average molecular weight is 581 g/mol. The number of hydrogen-bond donors (Lipinski definition) is 3. The van der Waals surface area contributed by atoms with Crippen LogP contribution in [0.5, 0.6) is 0 Å². The van der Waals surface area contributed by atoms with Crippen molar-refractivity contribution < 1.29 is 32.3 Å². The fourth-order valence-corrected chi connectivity index (χ4v) is 4.63. The number of carbonyl (C=O) groups excluding carboxylic acids is 3. The first-order valence-corrected chi connectivity index (χ1v) is 13.5. The molecule has 3 aromatic carbocycles. The van der Waals surface area contributed by atoms with E-state index in [2.05, 4.69) is 16.0 Å². The van der Waals surface area contributed by atoms with Crippen LogP contribution in [0.1, 0.15) is 49.4 Å². The molecule has 3 N–H and O–H groups in total. The van der Waals surface area contributed by atoms with Gasteiger partial charge in [-0.1, -0.05) is 61.9 Å². The highest BCUT2D eigenvalue weighted by Crippen LogP contribution is 2.37. The molecule has 0 saturated carbocycles. The number of nitrogens with zero attached hydrogens (tertiary/aromatic N) is 1. The molecule has 1 heterocycles. The van der Waals surface area contributed by atoms with Crippen molar-refractivity contribution in [1.82, 2.24) is 10.2 Å². The summed E-state index contributed by atoms with van der Waals surface area (Å²) in [5, 5.41) is 7.91. The zero-order valence-electron chi connectivity index (χ0n) is 23.1. The van der Waals surface area contributed by atoms with Crippen LogP contribution in [-0.4, -0.2) is 36.1 Å². The molecule has 0 aliphatic carbocycles. The van der Waals surface area contributed by atoms with Crippen LogP contribution in [0.3, 0.4) is 0 Å². The van der Waals surface area contributed by atoms with Crippen molar-refractivity contribution in [2.24, 2.45) is 0 Å². The molecule has 0 bridgehead atoms. The molecule has 0 saturated heterocycles. The number of anilines is 2. The van der Waals surface area contributed by atoms with E-state index >= 15 is 0 Å². The highest BCUT2D eigenvalue weighted by atomic mass is 19.4. The first-order chi connectivity index (χ1) is 20.1. The Morgan fingerprint density at radius 3 is 2.24 bits per heavy atom. The van der Waals surface area contributed by atoms with Crippen LogP contribution in [0, 0.1) is 0 Å². The third-order valence-electron chi connectivity index (χ3n) is 6.53. The smallest absolute Gasteiger partial charge is 0.416 e. The molecule has 11 heteroatoms. The van der Waals surface area contributed by atoms with Gasteiger partial charge in [0.15, 0.2) is 0 Å². The minimum Gasteiger partial charge on any atom is -0.463 e. The lowest BCUT2D eigenvalue weighted by Crippen LogP contribution is -2.48. The van der Waals surface area contributed by atoms with Crippen molar-refractivity contribution in [3.05, 3.63) is 101 Å². The van der Waals surface area contributed by atoms with Crippen molar-refractivity contribution >= 4 is 35.1 Å². The number of alkyl halides is 3. The van der Waals surface area contributed by atoms with Gasteiger partial charge in [0.1, 0.15) is 0 Å². The molecule has 3 aromatic rings. The molecular weight excluding hydrogens is 549 g/mol. The maximum atomic E-state index is 13.4. The van der Waals surface area contributed by atoms with E-state index in [-0.39, 0.29) is 23.9 Å². The van der Waals surface area contributed by atoms with Gasteiger partial charge in [0.2, 0.25) is 0 Å². The average Bonchev–Trinajstić information content (AvgIpc) is 2.96. The summed E-state index contributed by atoms with van der Waals surface area (Å²) in [6, 6.07) is 17.8. The minimum atomic E-state index is -4.55. The van der Waals surface area contributed by atoms with Crippen LogP contribution in [-0.2, 0) is 15.7 Å². The van der Waals surface area contributed by atoms with Gasteiger partial charge in [-0.15, -0.1) is 0 Å². The Balaban J connectivity index is 1.69. The van der Waals surface area contributed by atoms with Crippen LogP contribution in [0.4, 0.5) is 34.1 Å². The quantitative estimate of drug-likeness (QED) is 0.233. The Labute approximate surface area is 241 Å². The lowest BCUT2D eigenvalue weighted by atomic mass is 9.91. The molecule has 0 aromatic heterocycles. The van der Waals surface area contributed by atoms with E-state index in [1.165, 1.54) is 12.1 Å². The fourth-order valence-electron chi connectivity index (χ4n) is 4.63. The van der Waals surface area contributed by atoms with E-state index < -0.39 is 29.8 Å². The first kappa shape index (κ1) is 30.2. The number of amides is 4. The Hall–Kier alpha value is -4.80. The maximum absolute atomic E-state index is 13.4. The summed E-state index contributed by atoms with van der Waals surface area (Å²) in [7, 11) is 0. The molecule has 1 atom stereocenters. The topological polar surface area (TPSA) is 99.8 Å². The van der Waals surface area contributed by atoms with Crippen LogP contribution in [0.2, 0.25) is 0 Å². The fraction of sp³-hybridized carbons (Fsp3) is 0.258. The molecule has 0 fully saturated rings. The summed E-state index contributed by atoms with van der Waals surface area (Å²) in [5.41, 5.74) is 1.21. The second-order valence-corrected chi connectivity index (χ2v) is 9.52. The van der Waals surface area contributed by atoms with Gasteiger partial charge < -0.3 is 20.7 Å². The number of carbonyl (C=O) groups is 3. The van der Waals surface area contributed by atoms with E-state index in [0.29, 0.717) is 35.5 Å². The number of rotatable bonds is 9. The normalized spacial score (nSPS) is 15.2. The van der Waals surface area contributed by atoms with Crippen LogP contribution < -0.4 is 16.0 Å². The number of nitrogens with one attached hydrogen (secondary N) is 3. The molecule has 42 heavy (non-hydrogen) atoms. The second-order valence-electron chi connectivity index (χ2n) is 9.52. The van der Waals surface area contributed by atoms with Crippen LogP contribution in [0.25, 0.3) is 5.70 Å². The van der Waals surface area contributed by atoms with Gasteiger partial charge in [0, 0.05) is 17.9 Å². The van der Waals surface area contributed by atoms with Crippen molar-refractivity contribution in [3.63, 3.8) is 0 Å². The van der Waals surface area contributed by atoms with Crippen LogP contribution >= 0.6 is 0 Å². The molecule has 0 spiro atoms. The predicted molar refractivity (Wildman–Crippen MR) is 153 cm³/mol. The summed E-state index contributed by atoms with van der Waals surface area (Å²) in [5.74, 6) is -0.594. The predicted octanol–water partition coefficient (Wildman–Crippen LogP) is 7.19. The summed E-state index contributed by atoms with van der Waals surface area (Å²) < 4.78 is 44.6. The SMILES string of the molecule is CCCCN1C(=O)NC(c2cccc(NC(=O)Nc3cccc(C(F)(F)F)c3)c2)C(C(=O)OCC)=C1c1ccccc1. The Morgan fingerprint density at radius 2 is 1.60 bits per heavy atom. The standard InChI is InChI=1S/C31H31F3N4O4/c1-3-5-17-38-27(20-11-7-6-8-12-20)25(28(39)42-4-2)26(37-30(38)41)21-13-9-15-23(18-21)35-29(40)36-24-16-10-14-22(19-24)31(32,33)34/h6-16,18-19,26H,3-5,17H2,1-2H3,(H,37,41)(H2,35,36,40). The zero-order chi connectivity index (χ0) is 30.3. The number of esters is 1. The van der Waals surface area contributed by atoms with Gasteiger partial charge in [-0.3, -0.25) is 4.90 Å². The molecule has 0 radical (unpaired) electrons. The summed E-state index contributed by atoms with van der Waals surface area (Å²) in [6.07, 6.45) is -3.01. The van der Waals surface area contributed by atoms with Crippen LogP contribution in [0.15, 0.2) is 84.4 Å². The minimum absolute atomic E-state index is 0.0368. The highest BCUT2D eigenvalue weighted by Gasteiger charge is 2.38. The summed E-state index contributed by atoms with van der Waals surface area (Å²) in [6.45, 7) is 4.21. The molecule has 1 aliphatic heterocycles. The number of benzene rings is 3. The first-order valence-electron chi connectivity index (χ1n) is 13.5. The van der Waals surface area contributed by atoms with Gasteiger partial charge in [-0.2, -0.15) is 13.2 Å². The highest BCUT2D eigenvalue weighted by molar-refractivity contribution is 6.05. The van der Waals surface area contributed by atoms with Gasteiger partial charge in [-0.05, 0) is 54.8 Å². The number of hydrogen-bond acceptors (Lipinski definition) is 4. The lowest BCUT2D eigenvalue weighted by molar-refractivity contribution is -0.139. The van der Waals surface area contributed by atoms with E-state index in [4.69, 9.17) is 4.74 Å². The van der Waals surface area contributed by atoms with Crippen molar-refractivity contribution in [2.75, 3.05) is 23.8 Å². The van der Waals surface area contributed by atoms with Gasteiger partial charge in [0.05, 0.1) is 29.5 Å². The molecule has 8 nitrogen and oxygen atoms in total. The molecule has 1 unspecified atom stereocenters. The third kappa shape index (κ3) is 7.09. The lowest BCUT2D eigenvalue weighted by Gasteiger charge is -2.37. The molecule has 220 valence electrons. The largest absolute Gasteiger partial charge is 0.463 e. The van der Waals surface area contributed by atoms with Crippen molar-refractivity contribution in [2.45, 2.75) is 38.9 Å². The monoisotopic (exact) mass is 580 g/mol. The Bertz CT molecular complexity index is 1470. The van der Waals surface area contributed by atoms with E-state index in [1.807, 2.05) is 37.3 Å². The summed E-state index contributed by atoms with van der Waals surface area (Å²) in [4.78, 5) is 41.1. The molecule has 1 aliphatic rings. The van der Waals surface area contributed by atoms with E-state index in [1.54, 1.807) is 36.1 Å². The van der Waals surface area contributed by atoms with Gasteiger partial charge in [-0.25, -0.2) is 14.4 Å². The number of unbranched alkanes of at least 4 members (excludes halogenated alkanes) is 1. The molecule has 4 rings (SSSR count). The Kier molecular flexibility index (Phi) is 9.51. The maximum Gasteiger partial charge on any atom is 0.416 e. The second kappa shape index (κ2) is 13.2. The molecular formula is C31H31F3N4O4. The Morgan fingerprint density at radius 1 is 0.929 bits per heavy atom. The van der Waals surface area contributed by atoms with Crippen molar-refractivity contribution in [1.29, 1.82) is 0 Å². The number of halogens is 3. The summed E-state index contributed by atoms with van der Waals surface area (Å²) >= 11 is 0.